The minimum Gasteiger partial charge on any atom is -0.343 e. The summed E-state index contributed by atoms with van der Waals surface area (Å²) in [7, 11) is -2.97. The van der Waals surface area contributed by atoms with Gasteiger partial charge in [0.05, 0.1) is 12.3 Å². The van der Waals surface area contributed by atoms with Crippen LogP contribution in [0, 0.1) is 0 Å². The molecule has 0 saturated carbocycles. The largest absolute Gasteiger partial charge is 0.343 e. The highest BCUT2D eigenvalue weighted by Gasteiger charge is 2.15. The van der Waals surface area contributed by atoms with Crippen LogP contribution in [0.25, 0.3) is 0 Å². The van der Waals surface area contributed by atoms with E-state index in [1.165, 1.54) is 6.42 Å². The summed E-state index contributed by atoms with van der Waals surface area (Å²) in [4.78, 5) is 6.75. The van der Waals surface area contributed by atoms with Crippen LogP contribution >= 0.6 is 0 Å². The first kappa shape index (κ1) is 16.8. The van der Waals surface area contributed by atoms with Crippen LogP contribution in [0.1, 0.15) is 26.2 Å². The molecule has 122 valence electrons. The molecule has 0 amide bonds. The molecule has 0 aliphatic carbocycles. The molecule has 6 heteroatoms. The third kappa shape index (κ3) is 5.33. The maximum Gasteiger partial charge on any atom is 0.198 e. The van der Waals surface area contributed by atoms with Crippen molar-refractivity contribution in [2.45, 2.75) is 26.2 Å². The highest BCUT2D eigenvalue weighted by molar-refractivity contribution is 7.91. The molecular weight excluding hydrogens is 298 g/mol. The number of hydrogen-bond acceptors (Lipinski definition) is 3. The molecule has 1 fully saturated rings. The van der Waals surface area contributed by atoms with Gasteiger partial charge in [-0.25, -0.2) is 8.42 Å². The van der Waals surface area contributed by atoms with Crippen molar-refractivity contribution in [3.8, 4) is 0 Å². The molecule has 1 saturated heterocycles. The van der Waals surface area contributed by atoms with E-state index in [1.807, 2.05) is 30.3 Å². The first-order chi connectivity index (χ1) is 10.6. The van der Waals surface area contributed by atoms with E-state index in [-0.39, 0.29) is 11.5 Å². The molecule has 0 radical (unpaired) electrons. The van der Waals surface area contributed by atoms with Gasteiger partial charge in [0, 0.05) is 24.5 Å². The van der Waals surface area contributed by atoms with Crippen molar-refractivity contribution >= 4 is 21.5 Å². The van der Waals surface area contributed by atoms with Crippen LogP contribution < -0.4 is 5.32 Å². The van der Waals surface area contributed by atoms with Gasteiger partial charge < -0.3 is 10.2 Å². The van der Waals surface area contributed by atoms with Gasteiger partial charge in [-0.1, -0.05) is 25.1 Å². The smallest absolute Gasteiger partial charge is 0.198 e. The van der Waals surface area contributed by atoms with Gasteiger partial charge >= 0.3 is 0 Å². The molecule has 22 heavy (non-hydrogen) atoms. The topological polar surface area (TPSA) is 61.8 Å². The molecule has 0 atom stereocenters. The number of anilines is 1. The zero-order chi connectivity index (χ0) is 15.8. The molecular formula is C16H25N3O2S. The van der Waals surface area contributed by atoms with E-state index >= 15 is 0 Å². The number of nitrogens with one attached hydrogen (secondary N) is 1. The highest BCUT2D eigenvalue weighted by atomic mass is 32.2. The van der Waals surface area contributed by atoms with Crippen LogP contribution in [0.5, 0.6) is 0 Å². The summed E-state index contributed by atoms with van der Waals surface area (Å²) in [5.74, 6) is 1.07. The Balaban J connectivity index is 2.06. The zero-order valence-corrected chi connectivity index (χ0v) is 14.0. The lowest BCUT2D eigenvalue weighted by molar-refractivity contribution is 0.340. The predicted molar refractivity (Wildman–Crippen MR) is 92.1 cm³/mol. The number of hydrogen-bond donors (Lipinski definition) is 1. The Hall–Kier alpha value is -1.56. The quantitative estimate of drug-likeness (QED) is 0.667. The normalized spacial score (nSPS) is 16.6. The number of aliphatic imine (C=N–C) groups is 1. The number of rotatable bonds is 5. The molecule has 1 aromatic carbocycles. The molecule has 2 rings (SSSR count). The third-order valence-corrected chi connectivity index (χ3v) is 5.47. The van der Waals surface area contributed by atoms with E-state index in [4.69, 9.17) is 0 Å². The van der Waals surface area contributed by atoms with Gasteiger partial charge in [-0.15, -0.1) is 0 Å². The van der Waals surface area contributed by atoms with Crippen molar-refractivity contribution in [3.05, 3.63) is 30.3 Å². The van der Waals surface area contributed by atoms with Gasteiger partial charge in [-0.05, 0) is 31.4 Å². The summed E-state index contributed by atoms with van der Waals surface area (Å²) in [6.45, 7) is 3.92. The summed E-state index contributed by atoms with van der Waals surface area (Å²) in [5.41, 5.74) is 0.977. The standard InChI is InChI=1S/C16H25N3O2S/c1-2-22(20,21)14-11-17-16(19-12-7-4-8-13-19)18-15-9-5-3-6-10-15/h3,5-6,9-10H,2,4,7-8,11-14H2,1H3,(H,17,18). The number of para-hydroxylation sites is 1. The van der Waals surface area contributed by atoms with Crippen LogP contribution in [0.15, 0.2) is 35.3 Å². The van der Waals surface area contributed by atoms with Crippen molar-refractivity contribution in [2.24, 2.45) is 4.99 Å². The number of piperidine rings is 1. The Morgan fingerprint density at radius 1 is 1.18 bits per heavy atom. The van der Waals surface area contributed by atoms with Crippen molar-refractivity contribution in [2.75, 3.05) is 36.5 Å². The van der Waals surface area contributed by atoms with Crippen molar-refractivity contribution in [1.82, 2.24) is 4.90 Å². The van der Waals surface area contributed by atoms with Gasteiger partial charge in [-0.3, -0.25) is 4.99 Å². The minimum atomic E-state index is -2.97. The van der Waals surface area contributed by atoms with E-state index < -0.39 is 9.84 Å². The molecule has 1 aliphatic rings. The van der Waals surface area contributed by atoms with Gasteiger partial charge in [0.1, 0.15) is 0 Å². The first-order valence-electron chi connectivity index (χ1n) is 7.92. The molecule has 1 aliphatic heterocycles. The number of nitrogens with zero attached hydrogens (tertiary/aromatic N) is 2. The fourth-order valence-corrected chi connectivity index (χ4v) is 3.07. The Morgan fingerprint density at radius 2 is 1.86 bits per heavy atom. The van der Waals surface area contributed by atoms with Crippen LogP contribution in [-0.2, 0) is 9.84 Å². The fourth-order valence-electron chi connectivity index (χ4n) is 2.41. The van der Waals surface area contributed by atoms with E-state index in [0.717, 1.165) is 37.6 Å². The Bertz CT molecular complexity index is 579. The van der Waals surface area contributed by atoms with Crippen LogP contribution in [0.2, 0.25) is 0 Å². The fraction of sp³-hybridized carbons (Fsp3) is 0.562. The number of sulfone groups is 1. The molecule has 1 aromatic rings. The molecule has 0 aromatic heterocycles. The zero-order valence-electron chi connectivity index (χ0n) is 13.2. The Labute approximate surface area is 133 Å². The second-order valence-electron chi connectivity index (χ2n) is 5.48. The second-order valence-corrected chi connectivity index (χ2v) is 7.95. The van der Waals surface area contributed by atoms with E-state index in [1.54, 1.807) is 6.92 Å². The van der Waals surface area contributed by atoms with Gasteiger partial charge in [0.15, 0.2) is 15.8 Å². The average Bonchev–Trinajstić information content (AvgIpc) is 2.55. The molecule has 5 nitrogen and oxygen atoms in total. The lowest BCUT2D eigenvalue weighted by Crippen LogP contribution is -2.40. The van der Waals surface area contributed by atoms with E-state index in [9.17, 15) is 8.42 Å². The Kier molecular flexibility index (Phi) is 6.24. The maximum atomic E-state index is 11.6. The van der Waals surface area contributed by atoms with E-state index in [0.29, 0.717) is 6.54 Å². The second kappa shape index (κ2) is 8.17. The lowest BCUT2D eigenvalue weighted by atomic mass is 10.1. The van der Waals surface area contributed by atoms with Crippen molar-refractivity contribution < 1.29 is 8.42 Å². The monoisotopic (exact) mass is 323 g/mol. The molecule has 0 spiro atoms. The Morgan fingerprint density at radius 3 is 2.50 bits per heavy atom. The third-order valence-electron chi connectivity index (χ3n) is 3.79. The summed E-state index contributed by atoms with van der Waals surface area (Å²) in [6, 6.07) is 9.89. The minimum absolute atomic E-state index is 0.108. The molecule has 1 N–H and O–H groups in total. The number of benzene rings is 1. The average molecular weight is 323 g/mol. The molecule has 0 bridgehead atoms. The highest BCUT2D eigenvalue weighted by Crippen LogP contribution is 2.12. The van der Waals surface area contributed by atoms with E-state index in [2.05, 4.69) is 15.2 Å². The van der Waals surface area contributed by atoms with Gasteiger partial charge in [-0.2, -0.15) is 0 Å². The van der Waals surface area contributed by atoms with Crippen LogP contribution in [-0.4, -0.2) is 50.4 Å². The van der Waals surface area contributed by atoms with Crippen molar-refractivity contribution in [3.63, 3.8) is 0 Å². The maximum absolute atomic E-state index is 11.6. The number of guanidine groups is 1. The molecule has 1 heterocycles. The van der Waals surface area contributed by atoms with Gasteiger partial charge in [0.2, 0.25) is 0 Å². The van der Waals surface area contributed by atoms with Crippen molar-refractivity contribution in [1.29, 1.82) is 0 Å². The first-order valence-corrected chi connectivity index (χ1v) is 9.75. The summed E-state index contributed by atoms with van der Waals surface area (Å²) < 4.78 is 23.2. The SMILES string of the molecule is CCS(=O)(=O)CCN=C(Nc1ccccc1)N1CCCCC1. The van der Waals surface area contributed by atoms with Crippen LogP contribution in [0.4, 0.5) is 5.69 Å². The summed E-state index contributed by atoms with van der Waals surface area (Å²) in [5, 5.41) is 3.33. The van der Waals surface area contributed by atoms with Crippen LogP contribution in [0.3, 0.4) is 0 Å². The lowest BCUT2D eigenvalue weighted by Gasteiger charge is -2.30. The summed E-state index contributed by atoms with van der Waals surface area (Å²) >= 11 is 0. The molecule has 0 unspecified atom stereocenters. The van der Waals surface area contributed by atoms with Gasteiger partial charge in [0.25, 0.3) is 0 Å². The number of likely N-dealkylation sites (tertiary alicyclic amines) is 1. The predicted octanol–water partition coefficient (Wildman–Crippen LogP) is 2.38. The summed E-state index contributed by atoms with van der Waals surface area (Å²) in [6.07, 6.45) is 3.56.